The van der Waals surface area contributed by atoms with Crippen LogP contribution in [0, 0.1) is 0 Å². The monoisotopic (exact) mass is 742 g/mol. The zero-order valence-electron chi connectivity index (χ0n) is 33.8. The molecule has 8 nitrogen and oxygen atoms in total. The molecule has 0 radical (unpaired) electrons. The van der Waals surface area contributed by atoms with Crippen molar-refractivity contribution in [2.45, 2.75) is 174 Å². The lowest BCUT2D eigenvalue weighted by molar-refractivity contribution is -0.870. The second kappa shape index (κ2) is 35.7. The Morgan fingerprint density at radius 2 is 1.14 bits per heavy atom. The highest BCUT2D eigenvalue weighted by Gasteiger charge is 2.19. The van der Waals surface area contributed by atoms with Crippen LogP contribution in [0.2, 0.25) is 0 Å². The molecule has 0 saturated heterocycles. The smallest absolute Gasteiger partial charge is 0.305 e. The molecule has 1 unspecified atom stereocenters. The number of allylic oxidation sites excluding steroid dienone is 6. The maximum Gasteiger partial charge on any atom is 0.305 e. The molecule has 0 aliphatic heterocycles. The number of carbonyl (C=O) groups excluding carboxylic acids is 1. The molecule has 0 heterocycles. The van der Waals surface area contributed by atoms with Crippen molar-refractivity contribution in [3.63, 3.8) is 0 Å². The molecule has 9 heteroatoms. The number of hydrogen-bond donors (Lipinski definition) is 0. The van der Waals surface area contributed by atoms with Gasteiger partial charge in [-0.1, -0.05) is 153 Å². The van der Waals surface area contributed by atoms with Crippen LogP contribution in [0.25, 0.3) is 0 Å². The minimum absolute atomic E-state index is 0.0344. The fraction of sp³-hybridized carbons (Fsp3) is 0.833. The molecule has 0 aromatic heterocycles. The summed E-state index contributed by atoms with van der Waals surface area (Å²) in [7, 11) is 1.39. The van der Waals surface area contributed by atoms with Crippen molar-refractivity contribution in [2.24, 2.45) is 0 Å². The fourth-order valence-corrected chi connectivity index (χ4v) is 6.20. The summed E-state index contributed by atoms with van der Waals surface area (Å²) in [6.07, 6.45) is 40.2. The lowest BCUT2D eigenvalue weighted by Gasteiger charge is -2.28. The van der Waals surface area contributed by atoms with Gasteiger partial charge in [-0.05, 0) is 44.9 Å². The molecule has 2 atom stereocenters. The summed E-state index contributed by atoms with van der Waals surface area (Å²) in [5.41, 5.74) is 0. The zero-order chi connectivity index (χ0) is 37.7. The molecule has 300 valence electrons. The number of carbonyl (C=O) groups is 1. The number of phosphoric acid groups is 1. The largest absolute Gasteiger partial charge is 0.756 e. The molecule has 0 bridgehead atoms. The second-order valence-electron chi connectivity index (χ2n) is 15.0. The van der Waals surface area contributed by atoms with Crippen LogP contribution < -0.4 is 4.89 Å². The van der Waals surface area contributed by atoms with E-state index in [9.17, 15) is 14.3 Å². The first-order valence-electron chi connectivity index (χ1n) is 20.7. The van der Waals surface area contributed by atoms with Crippen molar-refractivity contribution in [1.29, 1.82) is 0 Å². The van der Waals surface area contributed by atoms with E-state index >= 15 is 0 Å². The minimum atomic E-state index is -4.49. The van der Waals surface area contributed by atoms with E-state index in [2.05, 4.69) is 50.3 Å². The molecule has 0 aromatic rings. The molecular formula is C42H80NO7P. The third-order valence-corrected chi connectivity index (χ3v) is 9.71. The highest BCUT2D eigenvalue weighted by atomic mass is 31.2. The van der Waals surface area contributed by atoms with Gasteiger partial charge in [0.2, 0.25) is 0 Å². The van der Waals surface area contributed by atoms with E-state index in [1.807, 2.05) is 21.1 Å². The molecule has 0 N–H and O–H groups in total. The van der Waals surface area contributed by atoms with Gasteiger partial charge in [0.05, 0.1) is 27.7 Å². The first-order chi connectivity index (χ1) is 24.6. The zero-order valence-corrected chi connectivity index (χ0v) is 34.7. The van der Waals surface area contributed by atoms with E-state index in [4.69, 9.17) is 18.5 Å². The van der Waals surface area contributed by atoms with Crippen LogP contribution in [0.4, 0.5) is 0 Å². The van der Waals surface area contributed by atoms with Crippen molar-refractivity contribution >= 4 is 13.8 Å². The lowest BCUT2D eigenvalue weighted by Crippen LogP contribution is -2.37. The van der Waals surface area contributed by atoms with Crippen LogP contribution in [0.1, 0.15) is 168 Å². The molecule has 0 aliphatic carbocycles. The number of likely N-dealkylation sites (N-methyl/N-ethyl adjacent to an activating group) is 1. The molecule has 0 fully saturated rings. The summed E-state index contributed by atoms with van der Waals surface area (Å²) in [6, 6.07) is 0. The molecule has 0 aromatic carbocycles. The van der Waals surface area contributed by atoms with E-state index in [1.54, 1.807) is 0 Å². The van der Waals surface area contributed by atoms with Crippen molar-refractivity contribution in [2.75, 3.05) is 54.1 Å². The van der Waals surface area contributed by atoms with Crippen molar-refractivity contribution in [1.82, 2.24) is 0 Å². The molecule has 0 spiro atoms. The van der Waals surface area contributed by atoms with E-state index < -0.39 is 13.9 Å². The van der Waals surface area contributed by atoms with Crippen LogP contribution in [-0.4, -0.2) is 70.7 Å². The van der Waals surface area contributed by atoms with E-state index in [0.717, 1.165) is 77.0 Å². The number of unbranched alkanes of at least 4 members (excludes halogenated alkanes) is 18. The quantitative estimate of drug-likeness (QED) is 0.0204. The van der Waals surface area contributed by atoms with Gasteiger partial charge in [0.25, 0.3) is 7.82 Å². The summed E-state index contributed by atoms with van der Waals surface area (Å²) in [6.45, 7) is 5.17. The molecule has 0 amide bonds. The Balaban J connectivity index is 4.27. The maximum absolute atomic E-state index is 12.5. The molecule has 51 heavy (non-hydrogen) atoms. The van der Waals surface area contributed by atoms with Crippen LogP contribution >= 0.6 is 7.82 Å². The van der Waals surface area contributed by atoms with Crippen LogP contribution in [0.3, 0.4) is 0 Å². The Morgan fingerprint density at radius 1 is 0.627 bits per heavy atom. The summed E-state index contributed by atoms with van der Waals surface area (Å²) >= 11 is 0. The average Bonchev–Trinajstić information content (AvgIpc) is 3.08. The topological polar surface area (TPSA) is 94.1 Å². The Labute approximate surface area is 315 Å². The summed E-state index contributed by atoms with van der Waals surface area (Å²) in [5, 5.41) is 0. The predicted octanol–water partition coefficient (Wildman–Crippen LogP) is 11.2. The number of hydrogen-bond acceptors (Lipinski definition) is 7. The van der Waals surface area contributed by atoms with E-state index in [1.165, 1.54) is 70.6 Å². The third-order valence-electron chi connectivity index (χ3n) is 8.74. The number of ether oxygens (including phenoxy) is 2. The number of rotatable bonds is 38. The van der Waals surface area contributed by atoms with Crippen LogP contribution in [0.5, 0.6) is 0 Å². The molecular weight excluding hydrogens is 661 g/mol. The third kappa shape index (κ3) is 39.8. The van der Waals surface area contributed by atoms with Crippen molar-refractivity contribution in [3.8, 4) is 0 Å². The molecule has 0 rings (SSSR count). The van der Waals surface area contributed by atoms with Gasteiger partial charge < -0.3 is 27.9 Å². The Kier molecular flexibility index (Phi) is 34.8. The summed E-state index contributed by atoms with van der Waals surface area (Å²) in [4.78, 5) is 24.8. The first kappa shape index (κ1) is 49.7. The van der Waals surface area contributed by atoms with E-state index in [0.29, 0.717) is 24.1 Å². The fourth-order valence-electron chi connectivity index (χ4n) is 5.48. The second-order valence-corrected chi connectivity index (χ2v) is 16.4. The maximum atomic E-state index is 12.5. The predicted molar refractivity (Wildman–Crippen MR) is 213 cm³/mol. The number of phosphoric ester groups is 1. The molecule has 0 saturated carbocycles. The van der Waals surface area contributed by atoms with Gasteiger partial charge in [0.15, 0.2) is 0 Å². The van der Waals surface area contributed by atoms with Crippen molar-refractivity contribution in [3.05, 3.63) is 36.5 Å². The minimum Gasteiger partial charge on any atom is -0.756 e. The Hall–Kier alpha value is -1.28. The van der Waals surface area contributed by atoms with Gasteiger partial charge in [0.1, 0.15) is 25.9 Å². The Bertz CT molecular complexity index is 915. The van der Waals surface area contributed by atoms with Gasteiger partial charge in [-0.3, -0.25) is 9.36 Å². The molecule has 0 aliphatic rings. The van der Waals surface area contributed by atoms with Gasteiger partial charge in [-0.2, -0.15) is 0 Å². The lowest BCUT2D eigenvalue weighted by atomic mass is 10.0. The van der Waals surface area contributed by atoms with Gasteiger partial charge in [-0.25, -0.2) is 0 Å². The summed E-state index contributed by atoms with van der Waals surface area (Å²) in [5.74, 6) is -0.286. The SMILES string of the molecule is CC/C=C\C/C=C\C/C=C\CCCCCCCC(=O)OC[C@H](COP(=O)([O-])OCC[N+](C)(C)C)OCCCCCCCCCCCCCCCC. The van der Waals surface area contributed by atoms with Gasteiger partial charge in [-0.15, -0.1) is 0 Å². The first-order valence-corrected chi connectivity index (χ1v) is 22.2. The highest BCUT2D eigenvalue weighted by Crippen LogP contribution is 2.38. The van der Waals surface area contributed by atoms with Gasteiger partial charge >= 0.3 is 5.97 Å². The Morgan fingerprint density at radius 3 is 1.71 bits per heavy atom. The highest BCUT2D eigenvalue weighted by molar-refractivity contribution is 7.45. The van der Waals surface area contributed by atoms with Crippen molar-refractivity contribution < 1.29 is 37.3 Å². The number of nitrogens with zero attached hydrogens (tertiary/aromatic N) is 1. The normalized spacial score (nSPS) is 14.2. The average molecular weight is 742 g/mol. The van der Waals surface area contributed by atoms with Crippen LogP contribution in [0.15, 0.2) is 36.5 Å². The number of esters is 1. The van der Waals surface area contributed by atoms with Gasteiger partial charge in [0, 0.05) is 13.0 Å². The standard InChI is InChI=1S/C42H80NO7P/c1-6-8-10-12-14-16-18-20-22-23-25-27-29-31-33-35-42(44)48-39-41(40-50-51(45,46)49-38-36-43(3,4)5)47-37-34-32-30-28-26-24-21-19-17-15-13-11-9-7-2/h8,10,14,16,20,22,41H,6-7,9,11-13,15,17-19,21,23-40H2,1-5H3/b10-8-,16-14-,22-20-/t41-/m1/s1. The van der Waals surface area contributed by atoms with Crippen LogP contribution in [-0.2, 0) is 27.9 Å². The van der Waals surface area contributed by atoms with E-state index in [-0.39, 0.29) is 25.8 Å². The number of quaternary nitrogens is 1. The summed E-state index contributed by atoms with van der Waals surface area (Å²) < 4.78 is 34.6.